The molecule has 19 heavy (non-hydrogen) atoms. The minimum atomic E-state index is -0.849. The number of carboxylic acid groups (broad SMARTS) is 1. The molecule has 0 amide bonds. The lowest BCUT2D eigenvalue weighted by atomic mass is 10.0. The van der Waals surface area contributed by atoms with E-state index in [1.807, 2.05) is 12.1 Å². The van der Waals surface area contributed by atoms with Crippen LogP contribution in [0.3, 0.4) is 0 Å². The Balaban J connectivity index is 2.60. The van der Waals surface area contributed by atoms with Gasteiger partial charge < -0.3 is 10.4 Å². The molecule has 0 saturated heterocycles. The summed E-state index contributed by atoms with van der Waals surface area (Å²) in [6.45, 7) is 5.02. The molecule has 0 heterocycles. The molecule has 2 N–H and O–H groups in total. The van der Waals surface area contributed by atoms with E-state index in [4.69, 9.17) is 5.11 Å². The van der Waals surface area contributed by atoms with Gasteiger partial charge in [-0.15, -0.1) is 0 Å². The minimum Gasteiger partial charge on any atom is -0.478 e. The third-order valence-electron chi connectivity index (χ3n) is 3.37. The predicted molar refractivity (Wildman–Crippen MR) is 78.5 cm³/mol. The number of nitrogens with one attached hydrogen (secondary N) is 1. The van der Waals surface area contributed by atoms with Gasteiger partial charge in [0.1, 0.15) is 0 Å². The average molecular weight is 263 g/mol. The molecule has 0 spiro atoms. The molecule has 1 aromatic carbocycles. The topological polar surface area (TPSA) is 49.3 Å². The maximum atomic E-state index is 11.1. The van der Waals surface area contributed by atoms with E-state index in [0.717, 1.165) is 18.4 Å². The van der Waals surface area contributed by atoms with Crippen LogP contribution in [0.4, 0.5) is 0 Å². The van der Waals surface area contributed by atoms with E-state index in [1.165, 1.54) is 19.3 Å². The van der Waals surface area contributed by atoms with Gasteiger partial charge in [0.2, 0.25) is 0 Å². The van der Waals surface area contributed by atoms with Gasteiger partial charge in [0.25, 0.3) is 0 Å². The molecule has 0 aromatic heterocycles. The summed E-state index contributed by atoms with van der Waals surface area (Å²) in [6.07, 6.45) is 5.89. The fourth-order valence-corrected chi connectivity index (χ4v) is 2.28. The first-order valence-electron chi connectivity index (χ1n) is 7.23. The number of carboxylic acids is 1. The van der Waals surface area contributed by atoms with Gasteiger partial charge in [-0.2, -0.15) is 0 Å². The summed E-state index contributed by atoms with van der Waals surface area (Å²) in [6, 6.07) is 7.71. The quantitative estimate of drug-likeness (QED) is 0.712. The zero-order valence-corrected chi connectivity index (χ0v) is 12.0. The van der Waals surface area contributed by atoms with E-state index in [9.17, 15) is 4.79 Å². The van der Waals surface area contributed by atoms with Crippen LogP contribution in [-0.4, -0.2) is 17.1 Å². The third-order valence-corrected chi connectivity index (χ3v) is 3.37. The van der Waals surface area contributed by atoms with Crippen LogP contribution < -0.4 is 5.32 Å². The second-order valence-corrected chi connectivity index (χ2v) is 4.97. The Kier molecular flexibility index (Phi) is 7.19. The highest BCUT2D eigenvalue weighted by Crippen LogP contribution is 2.11. The zero-order valence-electron chi connectivity index (χ0n) is 12.0. The number of carbonyl (C=O) groups is 1. The number of hydrogen-bond donors (Lipinski definition) is 2. The van der Waals surface area contributed by atoms with Crippen LogP contribution in [-0.2, 0) is 6.54 Å². The van der Waals surface area contributed by atoms with Crippen molar-refractivity contribution in [1.82, 2.24) is 5.32 Å². The molecule has 106 valence electrons. The highest BCUT2D eigenvalue weighted by atomic mass is 16.4. The van der Waals surface area contributed by atoms with E-state index >= 15 is 0 Å². The molecule has 1 rings (SSSR count). The Hall–Kier alpha value is -1.35. The molecule has 3 heteroatoms. The van der Waals surface area contributed by atoms with Crippen molar-refractivity contribution < 1.29 is 9.90 Å². The molecule has 3 nitrogen and oxygen atoms in total. The van der Waals surface area contributed by atoms with E-state index in [-0.39, 0.29) is 0 Å². The number of hydrogen-bond acceptors (Lipinski definition) is 2. The summed E-state index contributed by atoms with van der Waals surface area (Å²) in [5.41, 5.74) is 1.27. The SMILES string of the molecule is CCCCC(CCC)NCc1ccccc1C(=O)O. The molecule has 1 aromatic rings. The normalized spacial score (nSPS) is 12.3. The van der Waals surface area contributed by atoms with Crippen molar-refractivity contribution in [2.24, 2.45) is 0 Å². The van der Waals surface area contributed by atoms with E-state index in [0.29, 0.717) is 18.2 Å². The Labute approximate surface area is 116 Å². The van der Waals surface area contributed by atoms with E-state index < -0.39 is 5.97 Å². The minimum absolute atomic E-state index is 0.403. The molecule has 1 atom stereocenters. The average Bonchev–Trinajstić information content (AvgIpc) is 2.42. The van der Waals surface area contributed by atoms with Gasteiger partial charge in [0.15, 0.2) is 0 Å². The van der Waals surface area contributed by atoms with Crippen molar-refractivity contribution in [3.63, 3.8) is 0 Å². The van der Waals surface area contributed by atoms with Crippen LogP contribution in [0.25, 0.3) is 0 Å². The molecule has 0 fully saturated rings. The maximum absolute atomic E-state index is 11.1. The Bertz CT molecular complexity index is 390. The van der Waals surface area contributed by atoms with Gasteiger partial charge in [0.05, 0.1) is 5.56 Å². The summed E-state index contributed by atoms with van der Waals surface area (Å²) >= 11 is 0. The lowest BCUT2D eigenvalue weighted by Gasteiger charge is -2.18. The van der Waals surface area contributed by atoms with Gasteiger partial charge in [-0.05, 0) is 24.5 Å². The molecule has 1 unspecified atom stereocenters. The van der Waals surface area contributed by atoms with Gasteiger partial charge in [-0.3, -0.25) is 0 Å². The molecule has 0 aliphatic rings. The molecule has 0 aliphatic heterocycles. The third kappa shape index (κ3) is 5.43. The summed E-state index contributed by atoms with van der Waals surface area (Å²) in [5, 5.41) is 12.7. The first-order valence-corrected chi connectivity index (χ1v) is 7.23. The van der Waals surface area contributed by atoms with Crippen LogP contribution in [0, 0.1) is 0 Å². The number of rotatable bonds is 9. The fourth-order valence-electron chi connectivity index (χ4n) is 2.28. The van der Waals surface area contributed by atoms with Crippen molar-refractivity contribution in [2.75, 3.05) is 0 Å². The molecular formula is C16H25NO2. The first kappa shape index (κ1) is 15.7. The lowest BCUT2D eigenvalue weighted by molar-refractivity contribution is 0.0695. The number of benzene rings is 1. The van der Waals surface area contributed by atoms with Crippen LogP contribution in [0.2, 0.25) is 0 Å². The predicted octanol–water partition coefficient (Wildman–Crippen LogP) is 3.83. The van der Waals surface area contributed by atoms with Crippen molar-refractivity contribution >= 4 is 5.97 Å². The van der Waals surface area contributed by atoms with Crippen molar-refractivity contribution in [1.29, 1.82) is 0 Å². The van der Waals surface area contributed by atoms with Gasteiger partial charge >= 0.3 is 5.97 Å². The second kappa shape index (κ2) is 8.70. The highest BCUT2D eigenvalue weighted by Gasteiger charge is 2.11. The van der Waals surface area contributed by atoms with Gasteiger partial charge in [0, 0.05) is 12.6 Å². The summed E-state index contributed by atoms with van der Waals surface area (Å²) in [4.78, 5) is 11.1. The van der Waals surface area contributed by atoms with Crippen molar-refractivity contribution in [2.45, 2.75) is 58.5 Å². The number of aromatic carboxylic acids is 1. The number of unbranched alkanes of at least 4 members (excludes halogenated alkanes) is 1. The van der Waals surface area contributed by atoms with Gasteiger partial charge in [-0.25, -0.2) is 4.79 Å². The largest absolute Gasteiger partial charge is 0.478 e. The van der Waals surface area contributed by atoms with Crippen molar-refractivity contribution in [3.8, 4) is 0 Å². The summed E-state index contributed by atoms with van der Waals surface area (Å²) in [5.74, 6) is -0.849. The fraction of sp³-hybridized carbons (Fsp3) is 0.562. The smallest absolute Gasteiger partial charge is 0.336 e. The zero-order chi connectivity index (χ0) is 14.1. The van der Waals surface area contributed by atoms with Crippen LogP contribution >= 0.6 is 0 Å². The second-order valence-electron chi connectivity index (χ2n) is 4.97. The van der Waals surface area contributed by atoms with Crippen LogP contribution in [0.1, 0.15) is 61.9 Å². The highest BCUT2D eigenvalue weighted by molar-refractivity contribution is 5.89. The Morgan fingerprint density at radius 1 is 1.21 bits per heavy atom. The lowest BCUT2D eigenvalue weighted by Crippen LogP contribution is -2.29. The molecule has 0 aliphatic carbocycles. The standard InChI is InChI=1S/C16H25NO2/c1-3-5-10-14(8-4-2)17-12-13-9-6-7-11-15(13)16(18)19/h6-7,9,11,14,17H,3-5,8,10,12H2,1-2H3,(H,18,19). The first-order chi connectivity index (χ1) is 9.19. The van der Waals surface area contributed by atoms with Gasteiger partial charge in [-0.1, -0.05) is 51.3 Å². The monoisotopic (exact) mass is 263 g/mol. The van der Waals surface area contributed by atoms with Crippen molar-refractivity contribution in [3.05, 3.63) is 35.4 Å². The Morgan fingerprint density at radius 3 is 2.58 bits per heavy atom. The molecule has 0 radical (unpaired) electrons. The van der Waals surface area contributed by atoms with E-state index in [2.05, 4.69) is 19.2 Å². The van der Waals surface area contributed by atoms with E-state index in [1.54, 1.807) is 12.1 Å². The maximum Gasteiger partial charge on any atom is 0.336 e. The van der Waals surface area contributed by atoms with Crippen LogP contribution in [0.5, 0.6) is 0 Å². The Morgan fingerprint density at radius 2 is 1.95 bits per heavy atom. The molecular weight excluding hydrogens is 238 g/mol. The summed E-state index contributed by atoms with van der Waals surface area (Å²) < 4.78 is 0. The van der Waals surface area contributed by atoms with Crippen LogP contribution in [0.15, 0.2) is 24.3 Å². The summed E-state index contributed by atoms with van der Waals surface area (Å²) in [7, 11) is 0. The molecule has 0 bridgehead atoms. The molecule has 0 saturated carbocycles.